The molecule has 0 aliphatic heterocycles. The molecule has 16 heavy (non-hydrogen) atoms. The van der Waals surface area contributed by atoms with Crippen molar-refractivity contribution in [2.24, 2.45) is 0 Å². The highest BCUT2D eigenvalue weighted by Crippen LogP contribution is 2.18. The van der Waals surface area contributed by atoms with Gasteiger partial charge in [0.05, 0.1) is 0 Å². The molecule has 0 bridgehead atoms. The van der Waals surface area contributed by atoms with Gasteiger partial charge in [-0.25, -0.2) is 4.79 Å². The number of hydrogen-bond donors (Lipinski definition) is 1. The molecule has 0 heterocycles. The van der Waals surface area contributed by atoms with Crippen molar-refractivity contribution in [2.75, 3.05) is 0 Å². The Labute approximate surface area is 99.9 Å². The predicted octanol–water partition coefficient (Wildman–Crippen LogP) is 3.87. The van der Waals surface area contributed by atoms with Crippen molar-refractivity contribution in [1.82, 2.24) is 5.32 Å². The third-order valence-electron chi connectivity index (χ3n) is 2.33. The van der Waals surface area contributed by atoms with Gasteiger partial charge in [-0.3, -0.25) is 0 Å². The second-order valence-electron chi connectivity index (χ2n) is 4.98. The summed E-state index contributed by atoms with van der Waals surface area (Å²) in [4.78, 5) is 11.4. The Kier molecular flexibility index (Phi) is 7.18. The highest BCUT2D eigenvalue weighted by Gasteiger charge is 2.20. The Morgan fingerprint density at radius 2 is 1.62 bits per heavy atom. The fraction of sp³-hybridized carbons (Fsp3) is 0.923. The maximum Gasteiger partial charge on any atom is 0.407 e. The van der Waals surface area contributed by atoms with E-state index >= 15 is 0 Å². The van der Waals surface area contributed by atoms with E-state index in [2.05, 4.69) is 5.32 Å². The van der Waals surface area contributed by atoms with Crippen molar-refractivity contribution in [3.05, 3.63) is 0 Å². The van der Waals surface area contributed by atoms with Gasteiger partial charge in [-0.1, -0.05) is 33.1 Å². The molecule has 0 saturated heterocycles. The average molecular weight is 229 g/mol. The second-order valence-corrected chi connectivity index (χ2v) is 4.98. The lowest BCUT2D eigenvalue weighted by molar-refractivity contribution is 0.0493. The summed E-state index contributed by atoms with van der Waals surface area (Å²) in [5.74, 6) is 0. The van der Waals surface area contributed by atoms with E-state index in [-0.39, 0.29) is 6.09 Å². The van der Waals surface area contributed by atoms with Crippen LogP contribution >= 0.6 is 0 Å². The van der Waals surface area contributed by atoms with Crippen molar-refractivity contribution < 1.29 is 9.53 Å². The molecule has 1 saturated carbocycles. The summed E-state index contributed by atoms with van der Waals surface area (Å²) >= 11 is 0. The molecule has 1 N–H and O–H groups in total. The lowest BCUT2D eigenvalue weighted by Crippen LogP contribution is -2.39. The van der Waals surface area contributed by atoms with Crippen LogP contribution in [0, 0.1) is 0 Å². The second kappa shape index (κ2) is 7.53. The summed E-state index contributed by atoms with van der Waals surface area (Å²) in [7, 11) is 0. The van der Waals surface area contributed by atoms with Crippen LogP contribution in [-0.2, 0) is 4.74 Å². The van der Waals surface area contributed by atoms with Crippen molar-refractivity contribution >= 4 is 6.09 Å². The summed E-state index contributed by atoms with van der Waals surface area (Å²) in [6.07, 6.45) is 5.66. The highest BCUT2D eigenvalue weighted by atomic mass is 16.6. The largest absolute Gasteiger partial charge is 0.444 e. The molecular formula is C13H27NO2. The van der Waals surface area contributed by atoms with E-state index in [9.17, 15) is 4.79 Å². The number of rotatable bonds is 1. The molecule has 1 amide bonds. The molecule has 1 aliphatic rings. The Bertz CT molecular complexity index is 191. The lowest BCUT2D eigenvalue weighted by atomic mass is 9.96. The number of hydrogen-bond acceptors (Lipinski definition) is 2. The maximum absolute atomic E-state index is 11.4. The number of carbonyl (C=O) groups is 1. The zero-order valence-corrected chi connectivity index (χ0v) is 11.4. The summed E-state index contributed by atoms with van der Waals surface area (Å²) in [5, 5.41) is 2.91. The zero-order valence-electron chi connectivity index (χ0n) is 11.4. The lowest BCUT2D eigenvalue weighted by Gasteiger charge is -2.25. The van der Waals surface area contributed by atoms with E-state index in [1.54, 1.807) is 0 Å². The Hall–Kier alpha value is -0.730. The molecule has 0 radical (unpaired) electrons. The Morgan fingerprint density at radius 1 is 1.12 bits per heavy atom. The molecule has 1 rings (SSSR count). The number of ether oxygens (including phenoxy) is 1. The molecule has 1 aliphatic carbocycles. The van der Waals surface area contributed by atoms with Gasteiger partial charge in [0, 0.05) is 6.04 Å². The number of carbonyl (C=O) groups excluding carboxylic acids is 1. The van der Waals surface area contributed by atoms with Gasteiger partial charge in [0.25, 0.3) is 0 Å². The van der Waals surface area contributed by atoms with E-state index in [0.29, 0.717) is 6.04 Å². The first-order valence-corrected chi connectivity index (χ1v) is 6.47. The third kappa shape index (κ3) is 7.55. The molecule has 0 aromatic rings. The van der Waals surface area contributed by atoms with Crippen LogP contribution in [0.4, 0.5) is 4.79 Å². The molecule has 3 heteroatoms. The predicted molar refractivity (Wildman–Crippen MR) is 67.6 cm³/mol. The maximum atomic E-state index is 11.4. The topological polar surface area (TPSA) is 38.3 Å². The normalized spacial score (nSPS) is 17.1. The van der Waals surface area contributed by atoms with E-state index in [0.717, 1.165) is 12.8 Å². The molecule has 96 valence electrons. The third-order valence-corrected chi connectivity index (χ3v) is 2.33. The molecular weight excluding hydrogens is 202 g/mol. The van der Waals surface area contributed by atoms with Crippen LogP contribution in [0.5, 0.6) is 0 Å². The number of nitrogens with one attached hydrogen (secondary N) is 1. The molecule has 0 atom stereocenters. The van der Waals surface area contributed by atoms with Gasteiger partial charge in [-0.15, -0.1) is 0 Å². The SMILES string of the molecule is CC.CC(C)(C)OC(=O)NC1CCCCC1. The van der Waals surface area contributed by atoms with Crippen LogP contribution < -0.4 is 5.32 Å². The zero-order chi connectivity index (χ0) is 12.6. The van der Waals surface area contributed by atoms with Crippen molar-refractivity contribution in [2.45, 2.75) is 78.4 Å². The highest BCUT2D eigenvalue weighted by molar-refractivity contribution is 5.68. The van der Waals surface area contributed by atoms with Crippen LogP contribution in [0.15, 0.2) is 0 Å². The minimum absolute atomic E-state index is 0.274. The van der Waals surface area contributed by atoms with E-state index in [1.807, 2.05) is 34.6 Å². The number of alkyl carbamates (subject to hydrolysis) is 1. The van der Waals surface area contributed by atoms with Crippen LogP contribution in [-0.4, -0.2) is 17.7 Å². The van der Waals surface area contributed by atoms with Gasteiger partial charge in [0.15, 0.2) is 0 Å². The molecule has 3 nitrogen and oxygen atoms in total. The van der Waals surface area contributed by atoms with Gasteiger partial charge >= 0.3 is 6.09 Å². The van der Waals surface area contributed by atoms with Crippen LogP contribution in [0.2, 0.25) is 0 Å². The fourth-order valence-corrected chi connectivity index (χ4v) is 1.72. The van der Waals surface area contributed by atoms with Gasteiger partial charge in [-0.2, -0.15) is 0 Å². The van der Waals surface area contributed by atoms with Gasteiger partial charge in [0.1, 0.15) is 5.60 Å². The van der Waals surface area contributed by atoms with Gasteiger partial charge in [0.2, 0.25) is 0 Å². The average Bonchev–Trinajstić information content (AvgIpc) is 2.19. The standard InChI is InChI=1S/C11H21NO2.C2H6/c1-11(2,3)14-10(13)12-9-7-5-4-6-8-9;1-2/h9H,4-8H2,1-3H3,(H,12,13);1-2H3. The summed E-state index contributed by atoms with van der Waals surface area (Å²) in [5.41, 5.74) is -0.390. The summed E-state index contributed by atoms with van der Waals surface area (Å²) < 4.78 is 5.19. The first-order chi connectivity index (χ1) is 7.47. The smallest absolute Gasteiger partial charge is 0.407 e. The molecule has 0 spiro atoms. The molecule has 1 fully saturated rings. The monoisotopic (exact) mass is 229 g/mol. The quantitative estimate of drug-likeness (QED) is 0.741. The Morgan fingerprint density at radius 3 is 2.06 bits per heavy atom. The van der Waals surface area contributed by atoms with E-state index < -0.39 is 5.60 Å². The summed E-state index contributed by atoms with van der Waals surface area (Å²) in [6.45, 7) is 9.65. The first-order valence-electron chi connectivity index (χ1n) is 6.47. The molecule has 0 aromatic heterocycles. The fourth-order valence-electron chi connectivity index (χ4n) is 1.72. The van der Waals surface area contributed by atoms with Crippen LogP contribution in [0.3, 0.4) is 0 Å². The Balaban J connectivity index is 0.00000106. The van der Waals surface area contributed by atoms with Crippen LogP contribution in [0.25, 0.3) is 0 Å². The molecule has 0 aromatic carbocycles. The van der Waals surface area contributed by atoms with Crippen LogP contribution in [0.1, 0.15) is 66.7 Å². The minimum Gasteiger partial charge on any atom is -0.444 e. The van der Waals surface area contributed by atoms with Gasteiger partial charge in [-0.05, 0) is 33.6 Å². The van der Waals surface area contributed by atoms with Crippen molar-refractivity contribution in [3.63, 3.8) is 0 Å². The molecule has 0 unspecified atom stereocenters. The first kappa shape index (κ1) is 15.3. The van der Waals surface area contributed by atoms with Gasteiger partial charge < -0.3 is 10.1 Å². The minimum atomic E-state index is -0.390. The number of amides is 1. The van der Waals surface area contributed by atoms with E-state index in [1.165, 1.54) is 19.3 Å². The van der Waals surface area contributed by atoms with E-state index in [4.69, 9.17) is 4.74 Å². The van der Waals surface area contributed by atoms with Crippen molar-refractivity contribution in [3.8, 4) is 0 Å². The summed E-state index contributed by atoms with van der Waals surface area (Å²) in [6, 6.07) is 0.332. The van der Waals surface area contributed by atoms with Crippen molar-refractivity contribution in [1.29, 1.82) is 0 Å².